The summed E-state index contributed by atoms with van der Waals surface area (Å²) in [6.07, 6.45) is 1.63. The summed E-state index contributed by atoms with van der Waals surface area (Å²) in [6.45, 7) is 2.39. The number of hydrazone groups is 1. The normalized spacial score (nSPS) is 11.0. The average Bonchev–Trinajstić information content (AvgIpc) is 2.57. The van der Waals surface area contributed by atoms with Crippen molar-refractivity contribution in [2.24, 2.45) is 5.10 Å². The van der Waals surface area contributed by atoms with Gasteiger partial charge in [0.2, 0.25) is 5.82 Å². The lowest BCUT2D eigenvalue weighted by atomic mass is 10.2. The number of anilines is 1. The molecule has 0 saturated carbocycles. The first kappa shape index (κ1) is 15.2. The van der Waals surface area contributed by atoms with Crippen molar-refractivity contribution in [2.45, 2.75) is 6.92 Å². The van der Waals surface area contributed by atoms with Crippen LogP contribution in [0.5, 0.6) is 5.88 Å². The third kappa shape index (κ3) is 3.57. The lowest BCUT2D eigenvalue weighted by molar-refractivity contribution is 0.328. The van der Waals surface area contributed by atoms with Crippen LogP contribution in [0.1, 0.15) is 12.5 Å². The minimum absolute atomic E-state index is 0.419. The van der Waals surface area contributed by atoms with Crippen LogP contribution in [0.2, 0.25) is 5.02 Å². The van der Waals surface area contributed by atoms with E-state index in [1.165, 1.54) is 0 Å². The van der Waals surface area contributed by atoms with E-state index in [0.29, 0.717) is 23.3 Å². The first-order chi connectivity index (χ1) is 11.3. The molecule has 23 heavy (non-hydrogen) atoms. The topological polar surface area (TPSA) is 59.4 Å². The second kappa shape index (κ2) is 7.07. The highest BCUT2D eigenvalue weighted by Crippen LogP contribution is 2.23. The van der Waals surface area contributed by atoms with E-state index in [9.17, 15) is 0 Å². The Morgan fingerprint density at radius 3 is 2.52 bits per heavy atom. The van der Waals surface area contributed by atoms with Gasteiger partial charge >= 0.3 is 0 Å². The Bertz CT molecular complexity index is 851. The molecule has 0 atom stereocenters. The van der Waals surface area contributed by atoms with Crippen LogP contribution in [0.4, 0.5) is 5.82 Å². The minimum Gasteiger partial charge on any atom is -0.475 e. The van der Waals surface area contributed by atoms with Gasteiger partial charge in [-0.3, -0.25) is 5.43 Å². The van der Waals surface area contributed by atoms with Crippen LogP contribution >= 0.6 is 11.6 Å². The maximum atomic E-state index is 6.09. The van der Waals surface area contributed by atoms with Crippen LogP contribution in [0.15, 0.2) is 53.6 Å². The highest BCUT2D eigenvalue weighted by atomic mass is 35.5. The third-order valence-corrected chi connectivity index (χ3v) is 3.44. The molecular formula is C17H15ClN4O. The van der Waals surface area contributed by atoms with E-state index in [1.807, 2.05) is 55.5 Å². The van der Waals surface area contributed by atoms with Crippen molar-refractivity contribution in [3.8, 4) is 5.88 Å². The van der Waals surface area contributed by atoms with E-state index in [0.717, 1.165) is 16.6 Å². The zero-order chi connectivity index (χ0) is 16.1. The molecule has 116 valence electrons. The summed E-state index contributed by atoms with van der Waals surface area (Å²) in [7, 11) is 0. The van der Waals surface area contributed by atoms with Gasteiger partial charge < -0.3 is 4.74 Å². The molecule has 6 heteroatoms. The fraction of sp³-hybridized carbons (Fsp3) is 0.118. The van der Waals surface area contributed by atoms with Gasteiger partial charge in [0, 0.05) is 10.6 Å². The summed E-state index contributed by atoms with van der Waals surface area (Å²) >= 11 is 6.09. The van der Waals surface area contributed by atoms with Crippen LogP contribution in [-0.2, 0) is 0 Å². The molecule has 5 nitrogen and oxygen atoms in total. The van der Waals surface area contributed by atoms with Crippen molar-refractivity contribution in [1.29, 1.82) is 0 Å². The first-order valence-corrected chi connectivity index (χ1v) is 7.59. The molecule has 0 saturated heterocycles. The number of aromatic nitrogens is 2. The molecule has 0 aliphatic rings. The van der Waals surface area contributed by atoms with Gasteiger partial charge in [-0.1, -0.05) is 41.9 Å². The summed E-state index contributed by atoms with van der Waals surface area (Å²) in [5.74, 6) is 0.886. The Labute approximate surface area is 139 Å². The van der Waals surface area contributed by atoms with Crippen molar-refractivity contribution in [3.05, 3.63) is 59.1 Å². The van der Waals surface area contributed by atoms with Crippen molar-refractivity contribution >= 4 is 34.7 Å². The van der Waals surface area contributed by atoms with E-state index in [4.69, 9.17) is 16.3 Å². The zero-order valence-electron chi connectivity index (χ0n) is 12.5. The number of benzene rings is 2. The number of fused-ring (bicyclic) bond motifs is 1. The molecule has 3 rings (SSSR count). The van der Waals surface area contributed by atoms with E-state index in [2.05, 4.69) is 20.5 Å². The van der Waals surface area contributed by atoms with E-state index >= 15 is 0 Å². The van der Waals surface area contributed by atoms with Crippen LogP contribution in [0.25, 0.3) is 11.0 Å². The number of rotatable bonds is 5. The standard InChI is InChI=1S/C17H15ClN4O/c1-2-23-17-16(20-14-9-5-6-10-15(14)21-17)22-19-11-12-7-3-4-8-13(12)18/h3-11H,2H2,1H3,(H,20,22). The number of nitrogens with one attached hydrogen (secondary N) is 1. The van der Waals surface area contributed by atoms with Crippen molar-refractivity contribution < 1.29 is 4.74 Å². The highest BCUT2D eigenvalue weighted by molar-refractivity contribution is 6.33. The molecular weight excluding hydrogens is 312 g/mol. The zero-order valence-corrected chi connectivity index (χ0v) is 13.3. The number of para-hydroxylation sites is 2. The molecule has 0 amide bonds. The van der Waals surface area contributed by atoms with Gasteiger partial charge in [-0.05, 0) is 25.1 Å². The second-order valence-corrected chi connectivity index (χ2v) is 5.10. The Morgan fingerprint density at radius 1 is 1.09 bits per heavy atom. The maximum absolute atomic E-state index is 6.09. The van der Waals surface area contributed by atoms with Gasteiger partial charge in [0.05, 0.1) is 23.9 Å². The lowest BCUT2D eigenvalue weighted by Gasteiger charge is -2.08. The first-order valence-electron chi connectivity index (χ1n) is 7.21. The summed E-state index contributed by atoms with van der Waals surface area (Å²) in [5.41, 5.74) is 5.24. The molecule has 0 aliphatic carbocycles. The third-order valence-electron chi connectivity index (χ3n) is 3.10. The van der Waals surface area contributed by atoms with Crippen molar-refractivity contribution in [1.82, 2.24) is 9.97 Å². The summed E-state index contributed by atoms with van der Waals surface area (Å²) in [6, 6.07) is 15.1. The van der Waals surface area contributed by atoms with Crippen LogP contribution in [0, 0.1) is 0 Å². The number of nitrogens with zero attached hydrogens (tertiary/aromatic N) is 3. The summed E-state index contributed by atoms with van der Waals surface area (Å²) in [4.78, 5) is 8.96. The van der Waals surface area contributed by atoms with Gasteiger partial charge in [-0.15, -0.1) is 0 Å². The molecule has 0 radical (unpaired) electrons. The van der Waals surface area contributed by atoms with Gasteiger partial charge in [-0.2, -0.15) is 5.10 Å². The predicted molar refractivity (Wildman–Crippen MR) is 93.4 cm³/mol. The number of hydrogen-bond acceptors (Lipinski definition) is 5. The highest BCUT2D eigenvalue weighted by Gasteiger charge is 2.09. The Balaban J connectivity index is 1.89. The molecule has 0 bridgehead atoms. The molecule has 1 N–H and O–H groups in total. The number of halogens is 1. The van der Waals surface area contributed by atoms with Crippen LogP contribution in [0.3, 0.4) is 0 Å². The molecule has 3 aromatic rings. The fourth-order valence-corrected chi connectivity index (χ4v) is 2.22. The second-order valence-electron chi connectivity index (χ2n) is 4.69. The van der Waals surface area contributed by atoms with Crippen LogP contribution < -0.4 is 10.2 Å². The molecule has 1 heterocycles. The van der Waals surface area contributed by atoms with Gasteiger partial charge in [0.15, 0.2) is 0 Å². The number of ether oxygens (including phenoxy) is 1. The molecule has 2 aromatic carbocycles. The molecule has 1 aromatic heterocycles. The summed E-state index contributed by atoms with van der Waals surface area (Å²) in [5, 5.41) is 4.81. The predicted octanol–water partition coefficient (Wildman–Crippen LogP) is 4.13. The minimum atomic E-state index is 0.419. The van der Waals surface area contributed by atoms with Gasteiger partial charge in [0.1, 0.15) is 0 Å². The quantitative estimate of drug-likeness (QED) is 0.566. The number of hydrogen-bond donors (Lipinski definition) is 1. The molecule has 0 fully saturated rings. The van der Waals surface area contributed by atoms with Crippen molar-refractivity contribution in [3.63, 3.8) is 0 Å². The lowest BCUT2D eigenvalue weighted by Crippen LogP contribution is -2.03. The van der Waals surface area contributed by atoms with E-state index < -0.39 is 0 Å². The molecule has 0 unspecified atom stereocenters. The Hall–Kier alpha value is -2.66. The molecule has 0 spiro atoms. The van der Waals surface area contributed by atoms with Crippen LogP contribution in [-0.4, -0.2) is 22.8 Å². The monoisotopic (exact) mass is 326 g/mol. The summed E-state index contributed by atoms with van der Waals surface area (Å²) < 4.78 is 5.54. The van der Waals surface area contributed by atoms with Gasteiger partial charge in [-0.25, -0.2) is 9.97 Å². The Morgan fingerprint density at radius 2 is 1.78 bits per heavy atom. The SMILES string of the molecule is CCOc1nc2ccccc2nc1NN=Cc1ccccc1Cl. The molecule has 0 aliphatic heterocycles. The average molecular weight is 327 g/mol. The van der Waals surface area contributed by atoms with E-state index in [-0.39, 0.29) is 0 Å². The smallest absolute Gasteiger partial charge is 0.259 e. The Kier molecular flexibility index (Phi) is 4.68. The largest absolute Gasteiger partial charge is 0.475 e. The van der Waals surface area contributed by atoms with Gasteiger partial charge in [0.25, 0.3) is 5.88 Å². The van der Waals surface area contributed by atoms with Crippen molar-refractivity contribution in [2.75, 3.05) is 12.0 Å². The van der Waals surface area contributed by atoms with E-state index in [1.54, 1.807) is 6.21 Å². The fourth-order valence-electron chi connectivity index (χ4n) is 2.04. The maximum Gasteiger partial charge on any atom is 0.259 e.